The molecule has 0 heterocycles. The second kappa shape index (κ2) is 5.70. The molecule has 0 aliphatic heterocycles. The van der Waals surface area contributed by atoms with Gasteiger partial charge in [-0.2, -0.15) is 8.42 Å². The molecule has 0 fully saturated rings. The summed E-state index contributed by atoms with van der Waals surface area (Å²) in [6.45, 7) is 1.92. The summed E-state index contributed by atoms with van der Waals surface area (Å²) in [4.78, 5) is 0. The minimum absolute atomic E-state index is 0.543. The van der Waals surface area contributed by atoms with E-state index >= 15 is 0 Å². The molecule has 0 saturated heterocycles. The number of hydrogen-bond acceptors (Lipinski definition) is 3. The Bertz CT molecular complexity index is 462. The zero-order chi connectivity index (χ0) is 13.1. The van der Waals surface area contributed by atoms with Gasteiger partial charge in [-0.3, -0.25) is 4.31 Å². The van der Waals surface area contributed by atoms with E-state index in [2.05, 4.69) is 0 Å². The maximum Gasteiger partial charge on any atom is 0.313 e. The third kappa shape index (κ3) is 3.34. The number of hydrogen-bond donors (Lipinski definition) is 0. The Balaban J connectivity index is 2.96. The van der Waals surface area contributed by atoms with Gasteiger partial charge in [-0.05, 0) is 31.0 Å². The number of alkyl halides is 1. The molecule has 0 N–H and O–H groups in total. The number of rotatable bonds is 5. The molecule has 1 aromatic rings. The van der Waals surface area contributed by atoms with Gasteiger partial charge >= 0.3 is 10.2 Å². The molecular weight excluding hydrogens is 263 g/mol. The van der Waals surface area contributed by atoms with Crippen LogP contribution in [0.1, 0.15) is 5.56 Å². The van der Waals surface area contributed by atoms with Crippen LogP contribution in [0.4, 0.5) is 10.1 Å². The molecule has 0 radical (unpaired) electrons. The zero-order valence-corrected chi connectivity index (χ0v) is 11.6. The maximum atomic E-state index is 12.1. The number of halogens is 1. The van der Waals surface area contributed by atoms with Crippen molar-refractivity contribution in [3.8, 4) is 0 Å². The first-order valence-corrected chi connectivity index (χ1v) is 7.22. The van der Waals surface area contributed by atoms with Gasteiger partial charge in [0, 0.05) is 14.1 Å². The molecule has 1 rings (SSSR count). The molecule has 0 aliphatic carbocycles. The van der Waals surface area contributed by atoms with E-state index in [1.807, 2.05) is 19.1 Å². The molecule has 0 aliphatic rings. The summed E-state index contributed by atoms with van der Waals surface area (Å²) in [5.41, 5.74) is 1.59. The van der Waals surface area contributed by atoms with Gasteiger partial charge < -0.3 is 0 Å². The van der Waals surface area contributed by atoms with Crippen molar-refractivity contribution in [1.29, 1.82) is 0 Å². The van der Waals surface area contributed by atoms with E-state index in [1.54, 1.807) is 12.1 Å². The normalized spacial score (nSPS) is 11.8. The molecule has 17 heavy (non-hydrogen) atoms. The molecule has 0 amide bonds. The third-order valence-electron chi connectivity index (χ3n) is 2.30. The van der Waals surface area contributed by atoms with Gasteiger partial charge in [0.2, 0.25) is 0 Å². The van der Waals surface area contributed by atoms with Crippen LogP contribution in [0.2, 0.25) is 0 Å². The molecule has 1 aromatic carbocycles. The van der Waals surface area contributed by atoms with Gasteiger partial charge in [0.1, 0.15) is 0 Å². The minimum Gasteiger partial charge on any atom is -0.260 e. The molecule has 0 atom stereocenters. The summed E-state index contributed by atoms with van der Waals surface area (Å²) in [5.74, 6) is 0. The van der Waals surface area contributed by atoms with Gasteiger partial charge in [-0.1, -0.05) is 17.7 Å². The Morgan fingerprint density at radius 2 is 1.76 bits per heavy atom. The lowest BCUT2D eigenvalue weighted by molar-refractivity contribution is 0.555. The summed E-state index contributed by atoms with van der Waals surface area (Å²) < 4.78 is 38.1. The largest absolute Gasteiger partial charge is 0.313 e. The number of benzene rings is 1. The van der Waals surface area contributed by atoms with E-state index in [0.717, 1.165) is 13.6 Å². The Labute approximate surface area is 106 Å². The lowest BCUT2D eigenvalue weighted by atomic mass is 10.2. The van der Waals surface area contributed by atoms with E-state index in [9.17, 15) is 12.8 Å². The van der Waals surface area contributed by atoms with Gasteiger partial charge in [0.25, 0.3) is 0 Å². The predicted octanol–water partition coefficient (Wildman–Crippen LogP) is 2.18. The molecule has 0 aromatic heterocycles. The van der Waals surface area contributed by atoms with Crippen LogP contribution < -0.4 is 4.31 Å². The summed E-state index contributed by atoms with van der Waals surface area (Å²) in [6, 6.07) is 6.28. The fraction of sp³-hybridized carbons (Fsp3) is 0.400. The smallest absolute Gasteiger partial charge is 0.260 e. The van der Waals surface area contributed by atoms with Crippen molar-refractivity contribution < 1.29 is 12.8 Å². The van der Waals surface area contributed by atoms with Crippen LogP contribution in [-0.2, 0) is 10.2 Å². The van der Waals surface area contributed by atoms with Crippen molar-refractivity contribution in [2.75, 3.05) is 24.4 Å². The highest BCUT2D eigenvalue weighted by molar-refractivity contribution is 8.08. The third-order valence-corrected chi connectivity index (χ3v) is 5.19. The van der Waals surface area contributed by atoms with E-state index in [1.165, 1.54) is 14.1 Å². The van der Waals surface area contributed by atoms with E-state index in [4.69, 9.17) is 0 Å². The van der Waals surface area contributed by atoms with Crippen LogP contribution >= 0.6 is 11.9 Å². The van der Waals surface area contributed by atoms with Crippen LogP contribution in [0.3, 0.4) is 0 Å². The van der Waals surface area contributed by atoms with E-state index < -0.39 is 16.2 Å². The summed E-state index contributed by atoms with van der Waals surface area (Å²) in [6.07, 6.45) is 0. The number of anilines is 1. The average molecular weight is 278 g/mol. The predicted molar refractivity (Wildman–Crippen MR) is 69.8 cm³/mol. The Morgan fingerprint density at radius 3 is 2.24 bits per heavy atom. The highest BCUT2D eigenvalue weighted by Crippen LogP contribution is 2.22. The summed E-state index contributed by atoms with van der Waals surface area (Å²) >= 11 is 0.601. The second-order valence-electron chi connectivity index (χ2n) is 3.46. The number of aryl methyl sites for hydroxylation is 1. The van der Waals surface area contributed by atoms with Gasteiger partial charge in [-0.15, -0.1) is 3.71 Å². The van der Waals surface area contributed by atoms with Crippen molar-refractivity contribution in [2.24, 2.45) is 0 Å². The fourth-order valence-corrected chi connectivity index (χ4v) is 3.02. The standard InChI is InChI=1S/C10H15FN2O2S2/c1-9-4-6-10(7-5-9)12(2)17(14,15)13(3)16-8-11/h4-7H,8H2,1-3H3. The fourth-order valence-electron chi connectivity index (χ4n) is 1.20. The maximum absolute atomic E-state index is 12.1. The van der Waals surface area contributed by atoms with Crippen LogP contribution in [0, 0.1) is 6.92 Å². The topological polar surface area (TPSA) is 40.6 Å². The van der Waals surface area contributed by atoms with Crippen molar-refractivity contribution in [3.05, 3.63) is 29.8 Å². The quantitative estimate of drug-likeness (QED) is 0.775. The zero-order valence-electron chi connectivity index (χ0n) is 9.92. The molecule has 0 bridgehead atoms. The van der Waals surface area contributed by atoms with Gasteiger partial charge in [-0.25, -0.2) is 4.39 Å². The second-order valence-corrected chi connectivity index (χ2v) is 6.71. The number of nitrogens with zero attached hydrogens (tertiary/aromatic N) is 2. The van der Waals surface area contributed by atoms with Gasteiger partial charge in [0.15, 0.2) is 6.01 Å². The summed E-state index contributed by atoms with van der Waals surface area (Å²) in [5, 5.41) is 0. The molecule has 96 valence electrons. The lowest BCUT2D eigenvalue weighted by Crippen LogP contribution is -2.36. The lowest BCUT2D eigenvalue weighted by Gasteiger charge is -2.24. The molecule has 7 heteroatoms. The van der Waals surface area contributed by atoms with E-state index in [-0.39, 0.29) is 0 Å². The van der Waals surface area contributed by atoms with Crippen LogP contribution in [0.15, 0.2) is 24.3 Å². The summed E-state index contributed by atoms with van der Waals surface area (Å²) in [7, 11) is -0.914. The highest BCUT2D eigenvalue weighted by Gasteiger charge is 2.24. The Morgan fingerprint density at radius 1 is 1.24 bits per heavy atom. The van der Waals surface area contributed by atoms with Crippen molar-refractivity contribution in [3.63, 3.8) is 0 Å². The molecule has 4 nitrogen and oxygen atoms in total. The molecular formula is C10H15FN2O2S2. The molecule has 0 saturated carbocycles. The first-order chi connectivity index (χ1) is 7.89. The SMILES string of the molecule is Cc1ccc(N(C)S(=O)(=O)N(C)SCF)cc1. The van der Waals surface area contributed by atoms with Crippen LogP contribution in [0.25, 0.3) is 0 Å². The Hall–Kier alpha value is -0.790. The highest BCUT2D eigenvalue weighted by atomic mass is 32.3. The van der Waals surface area contributed by atoms with Crippen LogP contribution in [0.5, 0.6) is 0 Å². The molecule has 0 unspecified atom stereocenters. The van der Waals surface area contributed by atoms with Crippen molar-refractivity contribution >= 4 is 27.8 Å². The van der Waals surface area contributed by atoms with Gasteiger partial charge in [0.05, 0.1) is 5.69 Å². The Kier molecular flexibility index (Phi) is 4.79. The monoisotopic (exact) mass is 278 g/mol. The van der Waals surface area contributed by atoms with Crippen molar-refractivity contribution in [2.45, 2.75) is 6.92 Å². The van der Waals surface area contributed by atoms with Crippen LogP contribution in [-0.4, -0.2) is 32.2 Å². The average Bonchev–Trinajstić information content (AvgIpc) is 2.29. The minimum atomic E-state index is -3.68. The van der Waals surface area contributed by atoms with E-state index in [0.29, 0.717) is 17.6 Å². The molecule has 0 spiro atoms. The first-order valence-electron chi connectivity index (χ1n) is 4.88. The van der Waals surface area contributed by atoms with Crippen molar-refractivity contribution in [1.82, 2.24) is 3.71 Å². The first kappa shape index (κ1) is 14.3.